The van der Waals surface area contributed by atoms with Crippen LogP contribution in [0.5, 0.6) is 0 Å². The van der Waals surface area contributed by atoms with Gasteiger partial charge >= 0.3 is 6.18 Å². The molecule has 5 nitrogen and oxygen atoms in total. The summed E-state index contributed by atoms with van der Waals surface area (Å²) in [6, 6.07) is 7.14. The number of anilines is 1. The highest BCUT2D eigenvalue weighted by atomic mass is 19.4. The number of carbonyl (C=O) groups is 1. The molecule has 0 saturated heterocycles. The van der Waals surface area contributed by atoms with Gasteiger partial charge in [0.15, 0.2) is 5.96 Å². The van der Waals surface area contributed by atoms with E-state index in [1.54, 1.807) is 18.2 Å². The normalized spacial score (nSPS) is 12.0. The average molecular weight is 316 g/mol. The summed E-state index contributed by atoms with van der Waals surface area (Å²) in [5, 5.41) is 8.16. The number of carbonyl (C=O) groups excluding carboxylic acids is 1. The molecule has 0 radical (unpaired) electrons. The van der Waals surface area contributed by atoms with Crippen molar-refractivity contribution >= 4 is 17.6 Å². The van der Waals surface area contributed by atoms with Crippen molar-refractivity contribution in [3.05, 3.63) is 29.8 Å². The molecule has 122 valence electrons. The van der Waals surface area contributed by atoms with Crippen molar-refractivity contribution in [2.24, 2.45) is 4.99 Å². The maximum atomic E-state index is 12.1. The lowest BCUT2D eigenvalue weighted by Crippen LogP contribution is -2.38. The van der Waals surface area contributed by atoms with Crippen LogP contribution in [0.2, 0.25) is 0 Å². The quantitative estimate of drug-likeness (QED) is 0.577. The molecule has 0 fully saturated rings. The average Bonchev–Trinajstić information content (AvgIpc) is 2.41. The standard InChI is InChI=1S/C14H19F3N4O/c1-10(22)21-12-5-3-4-11(8-12)9-20-13(18-2)19-7-6-14(15,16)17/h3-5,8H,6-7,9H2,1-2H3,(H,21,22)(H2,18,19,20). The van der Waals surface area contributed by atoms with E-state index in [9.17, 15) is 18.0 Å². The van der Waals surface area contributed by atoms with Gasteiger partial charge in [0, 0.05) is 32.7 Å². The third kappa shape index (κ3) is 7.51. The van der Waals surface area contributed by atoms with E-state index < -0.39 is 12.6 Å². The molecule has 0 aromatic heterocycles. The Morgan fingerprint density at radius 3 is 2.59 bits per heavy atom. The molecule has 0 atom stereocenters. The van der Waals surface area contributed by atoms with Gasteiger partial charge < -0.3 is 16.0 Å². The lowest BCUT2D eigenvalue weighted by Gasteiger charge is -2.13. The maximum Gasteiger partial charge on any atom is 0.390 e. The second-order valence-electron chi connectivity index (χ2n) is 4.60. The van der Waals surface area contributed by atoms with Gasteiger partial charge in [-0.15, -0.1) is 0 Å². The Labute approximate surface area is 127 Å². The highest BCUT2D eigenvalue weighted by Gasteiger charge is 2.26. The van der Waals surface area contributed by atoms with Gasteiger partial charge in [-0.1, -0.05) is 12.1 Å². The first-order valence-corrected chi connectivity index (χ1v) is 6.68. The lowest BCUT2D eigenvalue weighted by molar-refractivity contribution is -0.132. The van der Waals surface area contributed by atoms with Crippen LogP contribution in [-0.4, -0.2) is 31.6 Å². The van der Waals surface area contributed by atoms with Crippen molar-refractivity contribution in [1.29, 1.82) is 0 Å². The van der Waals surface area contributed by atoms with Gasteiger partial charge in [0.2, 0.25) is 5.91 Å². The Kier molecular flexibility index (Phi) is 6.68. The first-order chi connectivity index (χ1) is 10.3. The molecule has 3 N–H and O–H groups in total. The summed E-state index contributed by atoms with van der Waals surface area (Å²) >= 11 is 0. The van der Waals surface area contributed by atoms with Gasteiger partial charge in [0.05, 0.1) is 6.42 Å². The largest absolute Gasteiger partial charge is 0.390 e. The van der Waals surface area contributed by atoms with Gasteiger partial charge in [-0.05, 0) is 17.7 Å². The van der Waals surface area contributed by atoms with Crippen molar-refractivity contribution in [2.45, 2.75) is 26.1 Å². The minimum Gasteiger partial charge on any atom is -0.356 e. The predicted molar refractivity (Wildman–Crippen MR) is 79.6 cm³/mol. The van der Waals surface area contributed by atoms with Crippen LogP contribution in [-0.2, 0) is 11.3 Å². The zero-order valence-corrected chi connectivity index (χ0v) is 12.4. The number of nitrogens with zero attached hydrogens (tertiary/aromatic N) is 1. The maximum absolute atomic E-state index is 12.1. The van der Waals surface area contributed by atoms with E-state index in [1.807, 2.05) is 6.07 Å². The second-order valence-corrected chi connectivity index (χ2v) is 4.60. The van der Waals surface area contributed by atoms with Crippen molar-refractivity contribution in [1.82, 2.24) is 10.6 Å². The number of amides is 1. The van der Waals surface area contributed by atoms with E-state index in [0.717, 1.165) is 5.56 Å². The van der Waals surface area contributed by atoms with Crippen molar-refractivity contribution < 1.29 is 18.0 Å². The number of aliphatic imine (C=N–C) groups is 1. The third-order valence-corrected chi connectivity index (χ3v) is 2.63. The first-order valence-electron chi connectivity index (χ1n) is 6.68. The van der Waals surface area contributed by atoms with E-state index in [0.29, 0.717) is 12.2 Å². The summed E-state index contributed by atoms with van der Waals surface area (Å²) in [4.78, 5) is 14.8. The SMILES string of the molecule is CN=C(NCCC(F)(F)F)NCc1cccc(NC(C)=O)c1. The zero-order valence-electron chi connectivity index (χ0n) is 12.4. The molecule has 0 aliphatic heterocycles. The topological polar surface area (TPSA) is 65.5 Å². The molecule has 22 heavy (non-hydrogen) atoms. The minimum absolute atomic E-state index is 0.172. The summed E-state index contributed by atoms with van der Waals surface area (Å²) in [5.74, 6) is 0.115. The molecule has 1 amide bonds. The fraction of sp³-hybridized carbons (Fsp3) is 0.429. The van der Waals surface area contributed by atoms with Gasteiger partial charge in [0.25, 0.3) is 0 Å². The molecule has 0 aliphatic rings. The molecule has 0 aliphatic carbocycles. The molecule has 8 heteroatoms. The van der Waals surface area contributed by atoms with Gasteiger partial charge in [-0.2, -0.15) is 13.2 Å². The Balaban J connectivity index is 2.48. The summed E-state index contributed by atoms with van der Waals surface area (Å²) in [5.41, 5.74) is 1.52. The van der Waals surface area contributed by atoms with Crippen LogP contribution in [0.1, 0.15) is 18.9 Å². The van der Waals surface area contributed by atoms with E-state index in [2.05, 4.69) is 20.9 Å². The van der Waals surface area contributed by atoms with Crippen molar-refractivity contribution in [3.8, 4) is 0 Å². The summed E-state index contributed by atoms with van der Waals surface area (Å²) in [7, 11) is 1.48. The van der Waals surface area contributed by atoms with Crippen LogP contribution >= 0.6 is 0 Å². The number of rotatable bonds is 5. The monoisotopic (exact) mass is 316 g/mol. The van der Waals surface area contributed by atoms with Crippen LogP contribution in [0.25, 0.3) is 0 Å². The highest BCUT2D eigenvalue weighted by Crippen LogP contribution is 2.18. The fourth-order valence-electron chi connectivity index (χ4n) is 1.69. The molecule has 0 bridgehead atoms. The van der Waals surface area contributed by atoms with E-state index in [4.69, 9.17) is 0 Å². The van der Waals surface area contributed by atoms with Crippen LogP contribution in [0.4, 0.5) is 18.9 Å². The van der Waals surface area contributed by atoms with Gasteiger partial charge in [-0.25, -0.2) is 0 Å². The van der Waals surface area contributed by atoms with E-state index in [1.165, 1.54) is 14.0 Å². The first kappa shape index (κ1) is 17.8. The van der Waals surface area contributed by atoms with Gasteiger partial charge in [0.1, 0.15) is 0 Å². The molecule has 1 rings (SSSR count). The number of halogens is 3. The molecule has 1 aromatic carbocycles. The molecular weight excluding hydrogens is 297 g/mol. The smallest absolute Gasteiger partial charge is 0.356 e. The molecule has 0 unspecified atom stereocenters. The second kappa shape index (κ2) is 8.26. The molecule has 0 heterocycles. The van der Waals surface area contributed by atoms with Crippen LogP contribution in [0, 0.1) is 0 Å². The number of hydrogen-bond donors (Lipinski definition) is 3. The van der Waals surface area contributed by atoms with E-state index >= 15 is 0 Å². The summed E-state index contributed by atoms with van der Waals surface area (Å²) in [6.07, 6.45) is -5.12. The van der Waals surface area contributed by atoms with Crippen LogP contribution in [0.15, 0.2) is 29.3 Å². The third-order valence-electron chi connectivity index (χ3n) is 2.63. The molecular formula is C14H19F3N4O. The number of alkyl halides is 3. The Bertz CT molecular complexity index is 529. The fourth-order valence-corrected chi connectivity index (χ4v) is 1.69. The number of hydrogen-bond acceptors (Lipinski definition) is 2. The molecule has 0 spiro atoms. The predicted octanol–water partition coefficient (Wildman–Crippen LogP) is 2.26. The Morgan fingerprint density at radius 2 is 2.00 bits per heavy atom. The highest BCUT2D eigenvalue weighted by molar-refractivity contribution is 5.88. The van der Waals surface area contributed by atoms with E-state index in [-0.39, 0.29) is 18.4 Å². The lowest BCUT2D eigenvalue weighted by atomic mass is 10.2. The Morgan fingerprint density at radius 1 is 1.27 bits per heavy atom. The van der Waals surface area contributed by atoms with Crippen molar-refractivity contribution in [3.63, 3.8) is 0 Å². The summed E-state index contributed by atoms with van der Waals surface area (Å²) < 4.78 is 36.2. The van der Waals surface area contributed by atoms with Gasteiger partial charge in [-0.3, -0.25) is 9.79 Å². The molecule has 0 saturated carbocycles. The molecule has 1 aromatic rings. The minimum atomic E-state index is -4.20. The summed E-state index contributed by atoms with van der Waals surface area (Å²) in [6.45, 7) is 1.55. The zero-order chi connectivity index (χ0) is 16.6. The van der Waals surface area contributed by atoms with Crippen LogP contribution in [0.3, 0.4) is 0 Å². The Hall–Kier alpha value is -2.25. The van der Waals surface area contributed by atoms with Crippen molar-refractivity contribution in [2.75, 3.05) is 18.9 Å². The number of benzene rings is 1. The number of guanidine groups is 1. The van der Waals surface area contributed by atoms with Crippen LogP contribution < -0.4 is 16.0 Å². The number of nitrogens with one attached hydrogen (secondary N) is 3.